The number of rotatable bonds is 3. The molecule has 2 aromatic carbocycles. The van der Waals surface area contributed by atoms with Crippen molar-refractivity contribution < 1.29 is 17.9 Å². The first-order valence-electron chi connectivity index (χ1n) is 9.30. The van der Waals surface area contributed by atoms with Crippen LogP contribution in [0.15, 0.2) is 66.1 Å². The third-order valence-electron chi connectivity index (χ3n) is 5.82. The maximum Gasteiger partial charge on any atom is 0.334 e. The van der Waals surface area contributed by atoms with Crippen LogP contribution in [0.2, 0.25) is 0 Å². The molecule has 4 rings (SSSR count). The first kappa shape index (κ1) is 19.4. The molecule has 2 aliphatic rings. The quantitative estimate of drug-likeness (QED) is 0.441. The van der Waals surface area contributed by atoms with Crippen molar-refractivity contribution in [3.63, 3.8) is 0 Å². The second kappa shape index (κ2) is 6.83. The smallest absolute Gasteiger partial charge is 0.334 e. The van der Waals surface area contributed by atoms with E-state index in [1.165, 1.54) is 4.31 Å². The highest BCUT2D eigenvalue weighted by molar-refractivity contribution is 7.89. The molecule has 0 bridgehead atoms. The van der Waals surface area contributed by atoms with Gasteiger partial charge in [0.2, 0.25) is 10.0 Å². The molecule has 0 amide bonds. The standard InChI is InChI=1S/C22H20N2O4S/c1-3-16-12-13-24(29(26,27)17-10-8-15(2)9-11-17)20-18-6-4-5-7-19(18)28-21(25)22(16,20)14-23/h3-11,16,20H,1,12-13H2,2H3/t16-,20+,22+/m1/s1. The van der Waals surface area contributed by atoms with Gasteiger partial charge in [0.1, 0.15) is 5.75 Å². The number of nitrogens with zero attached hydrogens (tertiary/aromatic N) is 2. The lowest BCUT2D eigenvalue weighted by Gasteiger charge is -2.49. The highest BCUT2D eigenvalue weighted by atomic mass is 32.2. The van der Waals surface area contributed by atoms with Gasteiger partial charge < -0.3 is 4.74 Å². The van der Waals surface area contributed by atoms with Gasteiger partial charge in [0.15, 0.2) is 5.41 Å². The first-order valence-corrected chi connectivity index (χ1v) is 10.7. The zero-order valence-corrected chi connectivity index (χ0v) is 16.7. The Hall–Kier alpha value is -2.95. The normalized spacial score (nSPS) is 26.6. The number of hydrogen-bond donors (Lipinski definition) is 0. The number of hydrogen-bond acceptors (Lipinski definition) is 5. The fraction of sp³-hybridized carbons (Fsp3) is 0.273. The van der Waals surface area contributed by atoms with Crippen LogP contribution in [-0.2, 0) is 14.8 Å². The molecule has 0 spiro atoms. The summed E-state index contributed by atoms with van der Waals surface area (Å²) in [6.45, 7) is 5.83. The lowest BCUT2D eigenvalue weighted by atomic mass is 9.64. The number of carbonyl (C=O) groups excluding carboxylic acids is 1. The van der Waals surface area contributed by atoms with Crippen molar-refractivity contribution in [2.24, 2.45) is 11.3 Å². The summed E-state index contributed by atoms with van der Waals surface area (Å²) in [5, 5.41) is 10.1. The Balaban J connectivity index is 1.96. The predicted molar refractivity (Wildman–Crippen MR) is 106 cm³/mol. The Morgan fingerprint density at radius 2 is 1.93 bits per heavy atom. The Morgan fingerprint density at radius 3 is 2.59 bits per heavy atom. The first-order chi connectivity index (χ1) is 13.9. The highest BCUT2D eigenvalue weighted by Gasteiger charge is 2.62. The van der Waals surface area contributed by atoms with Gasteiger partial charge in [-0.25, -0.2) is 13.2 Å². The average Bonchev–Trinajstić information content (AvgIpc) is 2.73. The van der Waals surface area contributed by atoms with Gasteiger partial charge in [0.25, 0.3) is 0 Å². The molecule has 0 N–H and O–H groups in total. The molecule has 0 radical (unpaired) electrons. The Morgan fingerprint density at radius 1 is 1.24 bits per heavy atom. The Kier molecular flexibility index (Phi) is 4.56. The minimum absolute atomic E-state index is 0.128. The van der Waals surface area contributed by atoms with Crippen molar-refractivity contribution in [2.75, 3.05) is 6.54 Å². The molecular weight excluding hydrogens is 388 g/mol. The number of benzene rings is 2. The van der Waals surface area contributed by atoms with Crippen LogP contribution < -0.4 is 4.74 Å². The molecule has 1 saturated heterocycles. The van der Waals surface area contributed by atoms with Crippen LogP contribution in [0.1, 0.15) is 23.6 Å². The molecule has 0 aromatic heterocycles. The topological polar surface area (TPSA) is 87.5 Å². The molecule has 2 aromatic rings. The van der Waals surface area contributed by atoms with E-state index in [2.05, 4.69) is 12.6 Å². The van der Waals surface area contributed by atoms with Crippen molar-refractivity contribution >= 4 is 16.0 Å². The summed E-state index contributed by atoms with van der Waals surface area (Å²) in [6.07, 6.45) is 1.86. The van der Waals surface area contributed by atoms with Crippen molar-refractivity contribution in [3.05, 3.63) is 72.3 Å². The molecule has 3 atom stereocenters. The van der Waals surface area contributed by atoms with Gasteiger partial charge in [0.05, 0.1) is 17.0 Å². The van der Waals surface area contributed by atoms with Gasteiger partial charge in [-0.05, 0) is 31.5 Å². The number of esters is 1. The van der Waals surface area contributed by atoms with E-state index in [-0.39, 0.29) is 17.2 Å². The molecule has 1 fully saturated rings. The number of fused-ring (bicyclic) bond motifs is 3. The van der Waals surface area contributed by atoms with E-state index in [1.54, 1.807) is 54.6 Å². The van der Waals surface area contributed by atoms with Gasteiger partial charge in [-0.2, -0.15) is 9.57 Å². The number of aryl methyl sites for hydroxylation is 1. The van der Waals surface area contributed by atoms with Crippen LogP contribution in [0.3, 0.4) is 0 Å². The minimum Gasteiger partial charge on any atom is -0.425 e. The summed E-state index contributed by atoms with van der Waals surface area (Å²) in [4.78, 5) is 13.2. The number of sulfonamides is 1. The number of carbonyl (C=O) groups is 1. The van der Waals surface area contributed by atoms with Gasteiger partial charge in [-0.1, -0.05) is 42.0 Å². The SMILES string of the molecule is C=C[C@@H]1CCN(S(=O)(=O)c2ccc(C)cc2)[C@H]2c3ccccc3OC(=O)[C@@]12C#N. The average molecular weight is 408 g/mol. The molecule has 29 heavy (non-hydrogen) atoms. The summed E-state index contributed by atoms with van der Waals surface area (Å²) in [7, 11) is -3.96. The molecule has 0 saturated carbocycles. The molecule has 2 aliphatic heterocycles. The lowest BCUT2D eigenvalue weighted by molar-refractivity contribution is -0.152. The van der Waals surface area contributed by atoms with Crippen molar-refractivity contribution in [2.45, 2.75) is 24.3 Å². The third-order valence-corrected chi connectivity index (χ3v) is 7.69. The number of allylic oxidation sites excluding steroid dienone is 1. The molecular formula is C22H20N2O4S. The van der Waals surface area contributed by atoms with Crippen LogP contribution in [0.5, 0.6) is 5.75 Å². The van der Waals surface area contributed by atoms with E-state index in [9.17, 15) is 18.5 Å². The highest BCUT2D eigenvalue weighted by Crippen LogP contribution is 2.56. The van der Waals surface area contributed by atoms with E-state index < -0.39 is 33.4 Å². The number of piperidine rings is 1. The van der Waals surface area contributed by atoms with E-state index in [4.69, 9.17) is 4.74 Å². The van der Waals surface area contributed by atoms with Crippen LogP contribution in [0.4, 0.5) is 0 Å². The third kappa shape index (κ3) is 2.71. The zero-order chi connectivity index (χ0) is 20.8. The second-order valence-electron chi connectivity index (χ2n) is 7.37. The van der Waals surface area contributed by atoms with E-state index >= 15 is 0 Å². The molecule has 7 heteroatoms. The Labute approximate surface area is 170 Å². The van der Waals surface area contributed by atoms with Crippen LogP contribution >= 0.6 is 0 Å². The monoisotopic (exact) mass is 408 g/mol. The van der Waals surface area contributed by atoms with Gasteiger partial charge >= 0.3 is 5.97 Å². The van der Waals surface area contributed by atoms with Crippen molar-refractivity contribution in [1.29, 1.82) is 5.26 Å². The molecule has 0 unspecified atom stereocenters. The van der Waals surface area contributed by atoms with Crippen molar-refractivity contribution in [1.82, 2.24) is 4.31 Å². The van der Waals surface area contributed by atoms with Crippen LogP contribution in [-0.4, -0.2) is 25.2 Å². The Bertz CT molecular complexity index is 1130. The van der Waals surface area contributed by atoms with Gasteiger partial charge in [-0.3, -0.25) is 0 Å². The van der Waals surface area contributed by atoms with Crippen molar-refractivity contribution in [3.8, 4) is 11.8 Å². The van der Waals surface area contributed by atoms with Gasteiger partial charge in [0, 0.05) is 18.0 Å². The maximum atomic E-state index is 13.6. The minimum atomic E-state index is -3.96. The van der Waals surface area contributed by atoms with E-state index in [0.29, 0.717) is 12.0 Å². The fourth-order valence-electron chi connectivity index (χ4n) is 4.30. The molecule has 0 aliphatic carbocycles. The molecule has 148 valence electrons. The number of nitriles is 1. The van der Waals surface area contributed by atoms with Crippen LogP contribution in [0.25, 0.3) is 0 Å². The molecule has 6 nitrogen and oxygen atoms in total. The number of para-hydroxylation sites is 1. The summed E-state index contributed by atoms with van der Waals surface area (Å²) in [5.41, 5.74) is -0.241. The van der Waals surface area contributed by atoms with Crippen LogP contribution in [0, 0.1) is 29.6 Å². The summed E-state index contributed by atoms with van der Waals surface area (Å²) < 4.78 is 33.9. The van der Waals surface area contributed by atoms with Gasteiger partial charge in [-0.15, -0.1) is 6.58 Å². The zero-order valence-electron chi connectivity index (χ0n) is 15.9. The summed E-state index contributed by atoms with van der Waals surface area (Å²) in [6, 6.07) is 14.5. The largest absolute Gasteiger partial charge is 0.425 e. The summed E-state index contributed by atoms with van der Waals surface area (Å²) >= 11 is 0. The van der Waals surface area contributed by atoms with E-state index in [0.717, 1.165) is 5.56 Å². The summed E-state index contributed by atoms with van der Waals surface area (Å²) in [5.74, 6) is -0.984. The predicted octanol–water partition coefficient (Wildman–Crippen LogP) is 3.36. The molecule has 2 heterocycles. The van der Waals surface area contributed by atoms with E-state index in [1.807, 2.05) is 6.92 Å². The lowest BCUT2D eigenvalue weighted by Crippen LogP contribution is -2.58. The second-order valence-corrected chi connectivity index (χ2v) is 9.26. The maximum absolute atomic E-state index is 13.6. The number of ether oxygens (including phenoxy) is 1. The fourth-order valence-corrected chi connectivity index (χ4v) is 5.95.